The average Bonchev–Trinajstić information content (AvgIpc) is 2.03. The lowest BCUT2D eigenvalue weighted by Crippen LogP contribution is -2.45. The zero-order valence-corrected chi connectivity index (χ0v) is 8.80. The van der Waals surface area contributed by atoms with Crippen molar-refractivity contribution >= 4 is 5.97 Å². The molecule has 78 valence electrons. The Bertz CT molecular complexity index is 228. The molecule has 0 bridgehead atoms. The molecule has 1 rings (SSSR count). The number of carbonyl (C=O) groups is 1. The van der Waals surface area contributed by atoms with Crippen molar-refractivity contribution in [2.75, 3.05) is 27.7 Å². The van der Waals surface area contributed by atoms with Crippen LogP contribution in [-0.2, 0) is 4.79 Å². The van der Waals surface area contributed by atoms with Crippen LogP contribution in [0.5, 0.6) is 0 Å². The number of aliphatic carboxylic acids is 1. The van der Waals surface area contributed by atoms with Crippen LogP contribution in [0.3, 0.4) is 0 Å². The third-order valence-electron chi connectivity index (χ3n) is 1.17. The third kappa shape index (κ3) is 10.6. The van der Waals surface area contributed by atoms with Crippen LogP contribution in [0.25, 0.3) is 0 Å². The van der Waals surface area contributed by atoms with E-state index >= 15 is 0 Å². The minimum atomic E-state index is -1.00. The van der Waals surface area contributed by atoms with E-state index in [1.165, 1.54) is 0 Å². The molecule has 0 aliphatic rings. The molecule has 0 unspecified atom stereocenters. The number of rotatable bonds is 2. The highest BCUT2D eigenvalue weighted by molar-refractivity contribution is 5.65. The number of aromatic nitrogens is 1. The minimum Gasteiger partial charge on any atom is -0.544 e. The van der Waals surface area contributed by atoms with Crippen LogP contribution in [-0.4, -0.2) is 43.1 Å². The summed E-state index contributed by atoms with van der Waals surface area (Å²) in [6.45, 7) is 0.0694. The van der Waals surface area contributed by atoms with Crippen molar-refractivity contribution in [3.8, 4) is 0 Å². The van der Waals surface area contributed by atoms with Gasteiger partial charge in [-0.05, 0) is 12.1 Å². The van der Waals surface area contributed by atoms with E-state index in [9.17, 15) is 9.90 Å². The molecule has 0 spiro atoms. The summed E-state index contributed by atoms with van der Waals surface area (Å²) < 4.78 is 0.419. The molecule has 0 radical (unpaired) electrons. The Morgan fingerprint density at radius 3 is 1.79 bits per heavy atom. The highest BCUT2D eigenvalue weighted by Gasteiger charge is 2.04. The van der Waals surface area contributed by atoms with Gasteiger partial charge in [0.25, 0.3) is 0 Å². The van der Waals surface area contributed by atoms with Gasteiger partial charge in [0.1, 0.15) is 6.54 Å². The van der Waals surface area contributed by atoms with Crippen molar-refractivity contribution < 1.29 is 14.4 Å². The van der Waals surface area contributed by atoms with Gasteiger partial charge < -0.3 is 14.4 Å². The second kappa shape index (κ2) is 6.10. The second-order valence-electron chi connectivity index (χ2n) is 3.85. The van der Waals surface area contributed by atoms with E-state index in [1.807, 2.05) is 18.2 Å². The molecule has 1 aromatic heterocycles. The first-order valence-electron chi connectivity index (χ1n) is 4.27. The van der Waals surface area contributed by atoms with E-state index in [4.69, 9.17) is 0 Å². The fraction of sp³-hybridized carbons (Fsp3) is 0.400. The molecule has 1 heterocycles. The van der Waals surface area contributed by atoms with Gasteiger partial charge >= 0.3 is 0 Å². The number of quaternary nitrogens is 1. The molecule has 0 amide bonds. The minimum absolute atomic E-state index is 0.0694. The molecule has 0 aliphatic heterocycles. The molecule has 0 N–H and O–H groups in total. The van der Waals surface area contributed by atoms with Crippen LogP contribution < -0.4 is 5.11 Å². The van der Waals surface area contributed by atoms with Crippen LogP contribution in [0, 0.1) is 0 Å². The molecule has 0 fully saturated rings. The number of carbonyl (C=O) groups excluding carboxylic acids is 1. The van der Waals surface area contributed by atoms with E-state index in [1.54, 1.807) is 33.5 Å². The van der Waals surface area contributed by atoms with Crippen molar-refractivity contribution in [2.24, 2.45) is 0 Å². The molecule has 14 heavy (non-hydrogen) atoms. The summed E-state index contributed by atoms with van der Waals surface area (Å²) in [5, 5.41) is 9.89. The summed E-state index contributed by atoms with van der Waals surface area (Å²) in [6.07, 6.45) is 3.50. The maximum atomic E-state index is 9.89. The van der Waals surface area contributed by atoms with Crippen LogP contribution in [0.1, 0.15) is 0 Å². The zero-order chi connectivity index (χ0) is 11.0. The van der Waals surface area contributed by atoms with Crippen molar-refractivity contribution in [3.63, 3.8) is 0 Å². The molecule has 0 saturated carbocycles. The Hall–Kier alpha value is -1.42. The van der Waals surface area contributed by atoms with E-state index in [2.05, 4.69) is 4.98 Å². The summed E-state index contributed by atoms with van der Waals surface area (Å²) in [5.74, 6) is -1.00. The maximum Gasteiger partial charge on any atom is 0.118 e. The van der Waals surface area contributed by atoms with Crippen molar-refractivity contribution in [1.29, 1.82) is 0 Å². The smallest absolute Gasteiger partial charge is 0.118 e. The first-order valence-corrected chi connectivity index (χ1v) is 4.27. The molecule has 0 aliphatic carbocycles. The van der Waals surface area contributed by atoms with Gasteiger partial charge in [-0.15, -0.1) is 0 Å². The second-order valence-corrected chi connectivity index (χ2v) is 3.85. The monoisotopic (exact) mass is 196 g/mol. The zero-order valence-electron chi connectivity index (χ0n) is 8.80. The summed E-state index contributed by atoms with van der Waals surface area (Å²) >= 11 is 0. The third-order valence-corrected chi connectivity index (χ3v) is 1.17. The van der Waals surface area contributed by atoms with Gasteiger partial charge in [-0.25, -0.2) is 0 Å². The first kappa shape index (κ1) is 12.6. The van der Waals surface area contributed by atoms with E-state index in [0.717, 1.165) is 0 Å². The van der Waals surface area contributed by atoms with Crippen molar-refractivity contribution in [2.45, 2.75) is 0 Å². The van der Waals surface area contributed by atoms with Crippen LogP contribution >= 0.6 is 0 Å². The lowest BCUT2D eigenvalue weighted by molar-refractivity contribution is -0.864. The van der Waals surface area contributed by atoms with Gasteiger partial charge in [-0.2, -0.15) is 0 Å². The van der Waals surface area contributed by atoms with Gasteiger partial charge in [0, 0.05) is 12.4 Å². The Morgan fingerprint density at radius 2 is 1.71 bits per heavy atom. The molecule has 4 nitrogen and oxygen atoms in total. The average molecular weight is 196 g/mol. The number of likely N-dealkylation sites (N-methyl/N-ethyl adjacent to an activating group) is 1. The highest BCUT2D eigenvalue weighted by atomic mass is 16.4. The highest BCUT2D eigenvalue weighted by Crippen LogP contribution is 1.84. The Labute approximate surface area is 84.4 Å². The van der Waals surface area contributed by atoms with E-state index in [-0.39, 0.29) is 6.54 Å². The lowest BCUT2D eigenvalue weighted by Gasteiger charge is -2.23. The quantitative estimate of drug-likeness (QED) is 0.601. The lowest BCUT2D eigenvalue weighted by atomic mass is 10.5. The van der Waals surface area contributed by atoms with Gasteiger partial charge in [-0.3, -0.25) is 4.98 Å². The summed E-state index contributed by atoms with van der Waals surface area (Å²) in [6, 6.07) is 5.72. The van der Waals surface area contributed by atoms with Crippen LogP contribution in [0.15, 0.2) is 30.6 Å². The normalized spacial score (nSPS) is 9.93. The predicted molar refractivity (Wildman–Crippen MR) is 52.1 cm³/mol. The molecule has 0 atom stereocenters. The predicted octanol–water partition coefficient (Wildman–Crippen LogP) is -0.476. The standard InChI is InChI=1S/C5H11NO2.C5H5N/c1-6(2,3)4-5(7)8;1-2-4-6-5-3-1/h4H2,1-3H3;1-5H. The maximum absolute atomic E-state index is 9.89. The van der Waals surface area contributed by atoms with E-state index in [0.29, 0.717) is 4.48 Å². The summed E-state index contributed by atoms with van der Waals surface area (Å²) in [4.78, 5) is 13.7. The molecule has 0 saturated heterocycles. The summed E-state index contributed by atoms with van der Waals surface area (Å²) in [7, 11) is 5.40. The van der Waals surface area contributed by atoms with Crippen molar-refractivity contribution in [1.82, 2.24) is 4.98 Å². The van der Waals surface area contributed by atoms with Gasteiger partial charge in [0.15, 0.2) is 0 Å². The fourth-order valence-corrected chi connectivity index (χ4v) is 0.700. The summed E-state index contributed by atoms with van der Waals surface area (Å²) in [5.41, 5.74) is 0. The Balaban J connectivity index is 0.000000249. The largest absolute Gasteiger partial charge is 0.544 e. The SMILES string of the molecule is C[N+](C)(C)CC(=O)[O-].c1ccncc1. The molecule has 4 heteroatoms. The van der Waals surface area contributed by atoms with Crippen molar-refractivity contribution in [3.05, 3.63) is 30.6 Å². The number of hydrogen-bond acceptors (Lipinski definition) is 3. The number of carboxylic acid groups (broad SMARTS) is 1. The molecular weight excluding hydrogens is 180 g/mol. The topological polar surface area (TPSA) is 53.0 Å². The number of nitrogens with zero attached hydrogens (tertiary/aromatic N) is 2. The van der Waals surface area contributed by atoms with Gasteiger partial charge in [0.05, 0.1) is 27.1 Å². The first-order chi connectivity index (χ1) is 6.42. The number of pyridine rings is 1. The fourth-order valence-electron chi connectivity index (χ4n) is 0.700. The molecule has 1 aromatic rings. The Kier molecular flexibility index (Phi) is 5.48. The molecule has 0 aromatic carbocycles. The van der Waals surface area contributed by atoms with Gasteiger partial charge in [0.2, 0.25) is 0 Å². The van der Waals surface area contributed by atoms with Crippen LogP contribution in [0.4, 0.5) is 0 Å². The Morgan fingerprint density at radius 1 is 1.21 bits per heavy atom. The number of carboxylic acids is 1. The van der Waals surface area contributed by atoms with Crippen LogP contribution in [0.2, 0.25) is 0 Å². The van der Waals surface area contributed by atoms with Gasteiger partial charge in [-0.1, -0.05) is 6.07 Å². The number of hydrogen-bond donors (Lipinski definition) is 0. The van der Waals surface area contributed by atoms with E-state index < -0.39 is 5.97 Å². The molecular formula is C10H16N2O2.